The molecule has 0 bridgehead atoms. The van der Waals surface area contributed by atoms with Gasteiger partial charge in [0.15, 0.2) is 0 Å². The molecule has 2 saturated heterocycles. The van der Waals surface area contributed by atoms with E-state index < -0.39 is 0 Å². The lowest BCUT2D eigenvalue weighted by atomic mass is 9.85. The van der Waals surface area contributed by atoms with E-state index in [1.165, 1.54) is 43.9 Å². The van der Waals surface area contributed by atoms with Crippen molar-refractivity contribution in [2.24, 2.45) is 5.92 Å². The zero-order chi connectivity index (χ0) is 11.7. The summed E-state index contributed by atoms with van der Waals surface area (Å²) in [6, 6.07) is 0.774. The first-order valence-electron chi connectivity index (χ1n) is 6.56. The summed E-state index contributed by atoms with van der Waals surface area (Å²) < 4.78 is 0. The zero-order valence-corrected chi connectivity index (χ0v) is 11.2. The fraction of sp³-hybridized carbons (Fsp3) is 0.833. The van der Waals surface area contributed by atoms with Crippen LogP contribution in [0.2, 0.25) is 0 Å². The lowest BCUT2D eigenvalue weighted by Crippen LogP contribution is -2.51. The van der Waals surface area contributed by atoms with Gasteiger partial charge in [-0.3, -0.25) is 4.90 Å². The smallest absolute Gasteiger partial charge is 0.131 e. The Morgan fingerprint density at radius 2 is 2.35 bits per heavy atom. The van der Waals surface area contributed by atoms with Gasteiger partial charge in [0.05, 0.1) is 6.54 Å². The van der Waals surface area contributed by atoms with Gasteiger partial charge in [-0.05, 0) is 38.6 Å². The standard InChI is InChI=1S/C12H20N4S/c1-9-14-15-12(17-9)8-16-6-4-11-10(7-16)3-2-5-13-11/h10-11,13H,2-8H2,1H3/t10-,11+/m1/s1. The predicted molar refractivity (Wildman–Crippen MR) is 69.1 cm³/mol. The zero-order valence-electron chi connectivity index (χ0n) is 10.4. The Labute approximate surface area is 106 Å². The summed E-state index contributed by atoms with van der Waals surface area (Å²) in [5.41, 5.74) is 0. The first-order chi connectivity index (χ1) is 8.31. The number of piperidine rings is 2. The maximum Gasteiger partial charge on any atom is 0.131 e. The Morgan fingerprint density at radius 1 is 1.41 bits per heavy atom. The largest absolute Gasteiger partial charge is 0.314 e. The maximum atomic E-state index is 4.23. The quantitative estimate of drug-likeness (QED) is 0.864. The Morgan fingerprint density at radius 3 is 3.18 bits per heavy atom. The molecule has 3 rings (SSSR count). The molecule has 2 aliphatic rings. The molecule has 0 saturated carbocycles. The third-order valence-corrected chi connectivity index (χ3v) is 4.73. The van der Waals surface area contributed by atoms with Crippen molar-refractivity contribution in [1.29, 1.82) is 0 Å². The lowest BCUT2D eigenvalue weighted by Gasteiger charge is -2.41. The van der Waals surface area contributed by atoms with Gasteiger partial charge in [0.25, 0.3) is 0 Å². The molecule has 0 aromatic carbocycles. The molecule has 94 valence electrons. The number of nitrogens with one attached hydrogen (secondary N) is 1. The van der Waals surface area contributed by atoms with Gasteiger partial charge in [-0.1, -0.05) is 0 Å². The fourth-order valence-corrected chi connectivity index (χ4v) is 3.81. The first-order valence-corrected chi connectivity index (χ1v) is 7.37. The number of aryl methyl sites for hydroxylation is 1. The summed E-state index contributed by atoms with van der Waals surface area (Å²) in [6.07, 6.45) is 4.03. The van der Waals surface area contributed by atoms with E-state index >= 15 is 0 Å². The minimum Gasteiger partial charge on any atom is -0.314 e. The minimum absolute atomic E-state index is 0.774. The average Bonchev–Trinajstić information content (AvgIpc) is 2.75. The molecular formula is C12H20N4S. The van der Waals surface area contributed by atoms with Crippen molar-refractivity contribution in [2.45, 2.75) is 38.8 Å². The second-order valence-corrected chi connectivity index (χ2v) is 6.47. The van der Waals surface area contributed by atoms with Crippen molar-refractivity contribution < 1.29 is 0 Å². The number of nitrogens with zero attached hydrogens (tertiary/aromatic N) is 3. The van der Waals surface area contributed by atoms with Crippen molar-refractivity contribution in [3.8, 4) is 0 Å². The SMILES string of the molecule is Cc1nnc(CN2CC[C@@H]3NCCC[C@@H]3C2)s1. The number of aromatic nitrogens is 2. The Balaban J connectivity index is 1.58. The average molecular weight is 252 g/mol. The van der Waals surface area contributed by atoms with Crippen LogP contribution in [-0.4, -0.2) is 40.8 Å². The molecule has 4 nitrogen and oxygen atoms in total. The Hall–Kier alpha value is -0.520. The van der Waals surface area contributed by atoms with Crippen LogP contribution in [0.1, 0.15) is 29.3 Å². The van der Waals surface area contributed by atoms with Gasteiger partial charge in [0, 0.05) is 19.1 Å². The first kappa shape index (κ1) is 11.6. The summed E-state index contributed by atoms with van der Waals surface area (Å²) in [4.78, 5) is 2.55. The van der Waals surface area contributed by atoms with Crippen molar-refractivity contribution >= 4 is 11.3 Å². The van der Waals surface area contributed by atoms with Gasteiger partial charge in [-0.25, -0.2) is 0 Å². The third kappa shape index (κ3) is 2.67. The van der Waals surface area contributed by atoms with Crippen LogP contribution >= 0.6 is 11.3 Å². The number of likely N-dealkylation sites (tertiary alicyclic amines) is 1. The van der Waals surface area contributed by atoms with Crippen LogP contribution < -0.4 is 5.32 Å². The van der Waals surface area contributed by atoms with Crippen LogP contribution in [0.3, 0.4) is 0 Å². The molecule has 2 fully saturated rings. The summed E-state index contributed by atoms with van der Waals surface area (Å²) in [5.74, 6) is 0.853. The summed E-state index contributed by atoms with van der Waals surface area (Å²) in [6.45, 7) is 6.67. The van der Waals surface area contributed by atoms with Crippen molar-refractivity contribution in [2.75, 3.05) is 19.6 Å². The molecule has 0 spiro atoms. The highest BCUT2D eigenvalue weighted by molar-refractivity contribution is 7.11. The molecule has 1 aromatic heterocycles. The topological polar surface area (TPSA) is 41.1 Å². The molecule has 5 heteroatoms. The number of fused-ring (bicyclic) bond motifs is 1. The second-order valence-electron chi connectivity index (χ2n) is 5.20. The molecule has 1 aromatic rings. The molecule has 0 aliphatic carbocycles. The van der Waals surface area contributed by atoms with E-state index in [1.807, 2.05) is 6.92 Å². The van der Waals surface area contributed by atoms with Gasteiger partial charge in [0.1, 0.15) is 10.0 Å². The fourth-order valence-electron chi connectivity index (χ4n) is 3.06. The lowest BCUT2D eigenvalue weighted by molar-refractivity contribution is 0.108. The monoisotopic (exact) mass is 252 g/mol. The predicted octanol–water partition coefficient (Wildman–Crippen LogP) is 1.42. The molecule has 3 heterocycles. The van der Waals surface area contributed by atoms with Crippen LogP contribution in [-0.2, 0) is 6.54 Å². The highest BCUT2D eigenvalue weighted by Crippen LogP contribution is 2.26. The molecule has 2 aliphatic heterocycles. The van der Waals surface area contributed by atoms with Gasteiger partial charge in [-0.2, -0.15) is 0 Å². The third-order valence-electron chi connectivity index (χ3n) is 3.90. The number of hydrogen-bond acceptors (Lipinski definition) is 5. The van der Waals surface area contributed by atoms with Crippen LogP contribution in [0.25, 0.3) is 0 Å². The van der Waals surface area contributed by atoms with E-state index in [9.17, 15) is 0 Å². The van der Waals surface area contributed by atoms with Gasteiger partial charge in [-0.15, -0.1) is 21.5 Å². The van der Waals surface area contributed by atoms with Crippen molar-refractivity contribution in [1.82, 2.24) is 20.4 Å². The van der Waals surface area contributed by atoms with Crippen LogP contribution in [0.4, 0.5) is 0 Å². The van der Waals surface area contributed by atoms with Crippen LogP contribution in [0.15, 0.2) is 0 Å². The summed E-state index contributed by atoms with van der Waals surface area (Å²) in [7, 11) is 0. The minimum atomic E-state index is 0.774. The maximum absolute atomic E-state index is 4.23. The van der Waals surface area contributed by atoms with Crippen LogP contribution in [0.5, 0.6) is 0 Å². The molecule has 0 amide bonds. The van der Waals surface area contributed by atoms with Crippen LogP contribution in [0, 0.1) is 12.8 Å². The van der Waals surface area contributed by atoms with E-state index in [-0.39, 0.29) is 0 Å². The van der Waals surface area contributed by atoms with E-state index in [4.69, 9.17) is 0 Å². The molecule has 0 radical (unpaired) electrons. The van der Waals surface area contributed by atoms with Gasteiger partial charge in [0.2, 0.25) is 0 Å². The highest BCUT2D eigenvalue weighted by Gasteiger charge is 2.30. The van der Waals surface area contributed by atoms with Crippen molar-refractivity contribution in [3.63, 3.8) is 0 Å². The summed E-state index contributed by atoms with van der Waals surface area (Å²) in [5, 5.41) is 14.2. The normalized spacial score (nSPS) is 30.2. The summed E-state index contributed by atoms with van der Waals surface area (Å²) >= 11 is 1.73. The highest BCUT2D eigenvalue weighted by atomic mass is 32.1. The second kappa shape index (κ2) is 5.00. The number of hydrogen-bond donors (Lipinski definition) is 1. The van der Waals surface area contributed by atoms with Crippen molar-refractivity contribution in [3.05, 3.63) is 10.0 Å². The van der Waals surface area contributed by atoms with Gasteiger partial charge < -0.3 is 5.32 Å². The van der Waals surface area contributed by atoms with E-state index in [1.54, 1.807) is 11.3 Å². The molecular weight excluding hydrogens is 232 g/mol. The molecule has 0 unspecified atom stereocenters. The van der Waals surface area contributed by atoms with Gasteiger partial charge >= 0.3 is 0 Å². The number of rotatable bonds is 2. The van der Waals surface area contributed by atoms with E-state index in [0.717, 1.165) is 23.5 Å². The van der Waals surface area contributed by atoms with E-state index in [2.05, 4.69) is 20.4 Å². The Kier molecular flexibility index (Phi) is 3.40. The Bertz CT molecular complexity index is 378. The molecule has 2 atom stereocenters. The van der Waals surface area contributed by atoms with E-state index in [0.29, 0.717) is 0 Å². The molecule has 1 N–H and O–H groups in total. The molecule has 17 heavy (non-hydrogen) atoms.